The number of benzene rings is 1. The third-order valence-electron chi connectivity index (χ3n) is 5.52. The molecule has 182 valence electrons. The highest BCUT2D eigenvalue weighted by Crippen LogP contribution is 2.29. The van der Waals surface area contributed by atoms with Gasteiger partial charge in [0.15, 0.2) is 5.84 Å². The monoisotopic (exact) mass is 478 g/mol. The fraction of sp³-hybridized carbons (Fsp3) is 0.409. The molecule has 2 aromatic rings. The van der Waals surface area contributed by atoms with Gasteiger partial charge in [0.25, 0.3) is 6.43 Å². The molecule has 0 radical (unpaired) electrons. The molecule has 0 saturated carbocycles. The maximum Gasteiger partial charge on any atom is 0.266 e. The average Bonchev–Trinajstić information content (AvgIpc) is 2.78. The number of anilines is 1. The lowest BCUT2D eigenvalue weighted by molar-refractivity contribution is -0.562. The molecule has 9 nitrogen and oxygen atoms in total. The first-order valence-electron chi connectivity index (χ1n) is 10.6. The molecule has 1 saturated heterocycles. The van der Waals surface area contributed by atoms with E-state index in [2.05, 4.69) is 20.7 Å². The Bertz CT molecular complexity index is 1110. The lowest BCUT2D eigenvalue weighted by Crippen LogP contribution is -2.56. The smallest absolute Gasteiger partial charge is 0.266 e. The average molecular weight is 478 g/mol. The third-order valence-corrected chi connectivity index (χ3v) is 5.52. The maximum atomic E-state index is 14.7. The number of hydrazine groups is 1. The minimum Gasteiger partial charge on any atom is -0.368 e. The molecule has 1 fully saturated rings. The molecule has 1 amide bonds. The summed E-state index contributed by atoms with van der Waals surface area (Å²) in [6, 6.07) is 4.03. The quantitative estimate of drug-likeness (QED) is 0.243. The number of nitrogens with one attached hydrogen (secondary N) is 2. The van der Waals surface area contributed by atoms with Gasteiger partial charge in [-0.3, -0.25) is 9.79 Å². The number of nitroso groups, excluding NO2 is 1. The standard InChI is InChI=1S/C22H26F3N7O2/c1-12-10-28-18(32-8-7-27-17(11-32)21(26)33)9-16(12)22(30-31(3)34)29-13(2)14-5-4-6-15(19(14)23)20(24)25/h4-6,9-10,13,17,20,27H,7-8,11H2,1-3H3,(H2-,26,29,30,33,34)/p+1/t13-,17+/m1/s1. The zero-order valence-corrected chi connectivity index (χ0v) is 19.1. The second-order valence-corrected chi connectivity index (χ2v) is 8.03. The van der Waals surface area contributed by atoms with Crippen LogP contribution in [0.25, 0.3) is 0 Å². The molecule has 4 N–H and O–H groups in total. The second kappa shape index (κ2) is 10.6. The Morgan fingerprint density at radius 1 is 1.38 bits per heavy atom. The number of halogens is 3. The van der Waals surface area contributed by atoms with Crippen molar-refractivity contribution in [2.45, 2.75) is 32.4 Å². The Morgan fingerprint density at radius 2 is 2.09 bits per heavy atom. The summed E-state index contributed by atoms with van der Waals surface area (Å²) >= 11 is 0. The molecule has 0 bridgehead atoms. The summed E-state index contributed by atoms with van der Waals surface area (Å²) < 4.78 is 41.0. The molecule has 0 spiro atoms. The van der Waals surface area contributed by atoms with Crippen LogP contribution in [-0.2, 0) is 4.79 Å². The molecule has 34 heavy (non-hydrogen) atoms. The Morgan fingerprint density at radius 3 is 2.74 bits per heavy atom. The molecule has 3 rings (SSSR count). The third kappa shape index (κ3) is 5.68. The molecule has 2 atom stereocenters. The van der Waals surface area contributed by atoms with E-state index in [-0.39, 0.29) is 11.4 Å². The first kappa shape index (κ1) is 25.1. The number of piperazine rings is 1. The normalized spacial score (nSPS) is 17.6. The van der Waals surface area contributed by atoms with Crippen LogP contribution in [0, 0.1) is 17.6 Å². The van der Waals surface area contributed by atoms with Gasteiger partial charge in [0.1, 0.15) is 22.5 Å². The Hall–Kier alpha value is -3.54. The Balaban J connectivity index is 2.00. The van der Waals surface area contributed by atoms with Crippen molar-refractivity contribution in [1.82, 2.24) is 15.7 Å². The van der Waals surface area contributed by atoms with Crippen LogP contribution in [-0.4, -0.2) is 54.3 Å². The fourth-order valence-electron chi connectivity index (χ4n) is 3.72. The minimum atomic E-state index is -2.96. The highest BCUT2D eigenvalue weighted by atomic mass is 19.3. The Kier molecular flexibility index (Phi) is 7.82. The van der Waals surface area contributed by atoms with E-state index in [0.29, 0.717) is 41.4 Å². The predicted molar refractivity (Wildman–Crippen MR) is 121 cm³/mol. The molecule has 1 aromatic carbocycles. The summed E-state index contributed by atoms with van der Waals surface area (Å²) in [4.78, 5) is 34.6. The van der Waals surface area contributed by atoms with Crippen LogP contribution in [0.1, 0.15) is 41.6 Å². The van der Waals surface area contributed by atoms with Crippen molar-refractivity contribution in [3.05, 3.63) is 63.4 Å². The van der Waals surface area contributed by atoms with Gasteiger partial charge in [0, 0.05) is 37.0 Å². The molecule has 0 aliphatic carbocycles. The molecule has 2 heterocycles. The summed E-state index contributed by atoms with van der Waals surface area (Å²) in [5.41, 5.74) is 8.45. The van der Waals surface area contributed by atoms with Crippen molar-refractivity contribution in [3.8, 4) is 0 Å². The number of aryl methyl sites for hydroxylation is 1. The van der Waals surface area contributed by atoms with Crippen molar-refractivity contribution < 1.29 is 22.8 Å². The number of primary amides is 1. The van der Waals surface area contributed by atoms with E-state index in [4.69, 9.17) is 5.73 Å². The topological polar surface area (TPSA) is 116 Å². The SMILES string of the molecule is Cc1cnc(N2CCN[C@H](C(N)=O)C2)cc1C(=N[C@H](C)c1cccc(C(F)F)c1F)N[N+](C)=O. The van der Waals surface area contributed by atoms with Crippen molar-refractivity contribution >= 4 is 17.6 Å². The summed E-state index contributed by atoms with van der Waals surface area (Å²) in [6.07, 6.45) is -1.37. The van der Waals surface area contributed by atoms with Crippen LogP contribution >= 0.6 is 0 Å². The second-order valence-electron chi connectivity index (χ2n) is 8.03. The number of nitrogens with two attached hydrogens (primary N) is 1. The molecule has 1 aliphatic rings. The zero-order valence-electron chi connectivity index (χ0n) is 19.1. The van der Waals surface area contributed by atoms with Gasteiger partial charge in [-0.15, -0.1) is 5.43 Å². The number of alkyl halides is 2. The van der Waals surface area contributed by atoms with Gasteiger partial charge < -0.3 is 16.0 Å². The summed E-state index contributed by atoms with van der Waals surface area (Å²) in [5, 5.41) is 3.04. The van der Waals surface area contributed by atoms with Crippen LogP contribution in [0.2, 0.25) is 0 Å². The molecular formula is C22H27F3N7O2+. The summed E-state index contributed by atoms with van der Waals surface area (Å²) in [7, 11) is 1.23. The van der Waals surface area contributed by atoms with Crippen LogP contribution in [0.3, 0.4) is 0 Å². The van der Waals surface area contributed by atoms with Crippen LogP contribution < -0.4 is 21.4 Å². The predicted octanol–water partition coefficient (Wildman–Crippen LogP) is 2.15. The molecular weight excluding hydrogens is 451 g/mol. The van der Waals surface area contributed by atoms with E-state index in [1.54, 1.807) is 26.1 Å². The largest absolute Gasteiger partial charge is 0.368 e. The van der Waals surface area contributed by atoms with E-state index in [1.165, 1.54) is 19.2 Å². The molecule has 1 aliphatic heterocycles. The van der Waals surface area contributed by atoms with Gasteiger partial charge in [-0.25, -0.2) is 18.2 Å². The van der Waals surface area contributed by atoms with E-state index < -0.39 is 35.8 Å². The fourth-order valence-corrected chi connectivity index (χ4v) is 3.72. The van der Waals surface area contributed by atoms with Gasteiger partial charge >= 0.3 is 0 Å². The van der Waals surface area contributed by atoms with Crippen molar-refractivity contribution in [3.63, 3.8) is 0 Å². The summed E-state index contributed by atoms with van der Waals surface area (Å²) in [5.74, 6) is -0.852. The first-order chi connectivity index (χ1) is 16.1. The number of aliphatic imine (C=N–C) groups is 1. The molecule has 1 aromatic heterocycles. The number of rotatable bonds is 7. The number of hydrogen-bond acceptors (Lipinski definition) is 6. The number of amides is 1. The van der Waals surface area contributed by atoms with Crippen LogP contribution in [0.5, 0.6) is 0 Å². The van der Waals surface area contributed by atoms with Gasteiger partial charge in [-0.1, -0.05) is 18.2 Å². The van der Waals surface area contributed by atoms with Gasteiger partial charge in [-0.2, -0.15) is 0 Å². The van der Waals surface area contributed by atoms with Crippen molar-refractivity contribution in [1.29, 1.82) is 0 Å². The number of nitrogens with zero attached hydrogens (tertiary/aromatic N) is 4. The number of carbonyl (C=O) groups excluding carboxylic acids is 1. The Labute approximate surface area is 194 Å². The zero-order chi connectivity index (χ0) is 25.0. The number of carbonyl (C=O) groups is 1. The number of hydrogen-bond donors (Lipinski definition) is 3. The first-order valence-corrected chi connectivity index (χ1v) is 10.6. The van der Waals surface area contributed by atoms with E-state index >= 15 is 0 Å². The van der Waals surface area contributed by atoms with E-state index in [9.17, 15) is 22.9 Å². The van der Waals surface area contributed by atoms with Crippen LogP contribution in [0.15, 0.2) is 35.5 Å². The lowest BCUT2D eigenvalue weighted by Gasteiger charge is -2.33. The van der Waals surface area contributed by atoms with E-state index in [1.807, 2.05) is 4.90 Å². The highest BCUT2D eigenvalue weighted by Gasteiger charge is 2.26. The number of pyridine rings is 1. The molecule has 0 unspecified atom stereocenters. The summed E-state index contributed by atoms with van der Waals surface area (Å²) in [6.45, 7) is 4.72. The van der Waals surface area contributed by atoms with Gasteiger partial charge in [0.05, 0.1) is 16.5 Å². The molecule has 12 heteroatoms. The number of amidine groups is 1. The lowest BCUT2D eigenvalue weighted by atomic mass is 10.0. The van der Waals surface area contributed by atoms with Crippen molar-refractivity contribution in [2.75, 3.05) is 31.6 Å². The van der Waals surface area contributed by atoms with Gasteiger partial charge in [-0.05, 0) is 25.5 Å². The maximum absolute atomic E-state index is 14.7. The van der Waals surface area contributed by atoms with Crippen LogP contribution in [0.4, 0.5) is 19.0 Å². The van der Waals surface area contributed by atoms with Gasteiger partial charge in [0.2, 0.25) is 13.0 Å². The highest BCUT2D eigenvalue weighted by molar-refractivity contribution is 6.00. The minimum absolute atomic E-state index is 0.0241. The van der Waals surface area contributed by atoms with E-state index in [0.717, 1.165) is 6.07 Å². The van der Waals surface area contributed by atoms with Crippen molar-refractivity contribution in [2.24, 2.45) is 10.7 Å². The number of aromatic nitrogens is 1.